The Balaban J connectivity index is 1.21. The van der Waals surface area contributed by atoms with Gasteiger partial charge in [0.25, 0.3) is 0 Å². The maximum absolute atomic E-state index is 12.6. The number of carbonyl (C=O) groups excluding carboxylic acids is 2. The lowest BCUT2D eigenvalue weighted by Crippen LogP contribution is -2.51. The minimum Gasteiger partial charge on any atom is -0.352 e. The maximum atomic E-state index is 12.6. The normalized spacial score (nSPS) is 17.6. The van der Waals surface area contributed by atoms with E-state index in [0.717, 1.165) is 23.6 Å². The van der Waals surface area contributed by atoms with Crippen LogP contribution in [0.5, 0.6) is 0 Å². The van der Waals surface area contributed by atoms with Gasteiger partial charge < -0.3 is 10.2 Å². The molecule has 2 aromatic rings. The molecule has 31 heavy (non-hydrogen) atoms. The molecule has 9 heteroatoms. The van der Waals surface area contributed by atoms with Crippen LogP contribution < -0.4 is 10.0 Å². The smallest absolute Gasteiger partial charge is 0.240 e. The van der Waals surface area contributed by atoms with Gasteiger partial charge in [-0.15, -0.1) is 0 Å². The van der Waals surface area contributed by atoms with Crippen molar-refractivity contribution >= 4 is 32.6 Å². The number of amides is 2. The molecule has 166 valence electrons. The predicted octanol–water partition coefficient (Wildman–Crippen LogP) is 0.931. The number of nitrogens with one attached hydrogen (secondary N) is 2. The fraction of sp³-hybridized carbons (Fsp3) is 0.455. The summed E-state index contributed by atoms with van der Waals surface area (Å²) in [6.45, 7) is 2.81. The minimum atomic E-state index is -3.68. The Morgan fingerprint density at radius 3 is 2.39 bits per heavy atom. The van der Waals surface area contributed by atoms with Crippen LogP contribution in [0.3, 0.4) is 0 Å². The van der Waals surface area contributed by atoms with Crippen LogP contribution in [0.1, 0.15) is 19.3 Å². The van der Waals surface area contributed by atoms with Crippen molar-refractivity contribution in [3.63, 3.8) is 0 Å². The molecular formula is C22H28N4O4S. The summed E-state index contributed by atoms with van der Waals surface area (Å²) < 4.78 is 27.7. The molecule has 1 aliphatic heterocycles. The molecule has 2 aromatic carbocycles. The second-order valence-electron chi connectivity index (χ2n) is 8.16. The van der Waals surface area contributed by atoms with Crippen molar-refractivity contribution in [3.05, 3.63) is 42.5 Å². The first-order chi connectivity index (χ1) is 14.9. The first-order valence-electron chi connectivity index (χ1n) is 10.7. The molecule has 2 aliphatic rings. The molecule has 0 spiro atoms. The quantitative estimate of drug-likeness (QED) is 0.631. The van der Waals surface area contributed by atoms with E-state index in [1.54, 1.807) is 23.1 Å². The second kappa shape index (κ2) is 9.33. The number of benzene rings is 2. The largest absolute Gasteiger partial charge is 0.352 e. The van der Waals surface area contributed by atoms with Gasteiger partial charge in [0.2, 0.25) is 21.8 Å². The van der Waals surface area contributed by atoms with Gasteiger partial charge in [0.15, 0.2) is 0 Å². The zero-order chi connectivity index (χ0) is 21.8. The number of fused-ring (bicyclic) bond motifs is 1. The van der Waals surface area contributed by atoms with Crippen molar-refractivity contribution in [1.82, 2.24) is 19.8 Å². The van der Waals surface area contributed by atoms with E-state index in [9.17, 15) is 18.0 Å². The van der Waals surface area contributed by atoms with Crippen LogP contribution in [-0.2, 0) is 19.6 Å². The molecule has 2 amide bonds. The average Bonchev–Trinajstić information content (AvgIpc) is 3.57. The van der Waals surface area contributed by atoms with E-state index in [0.29, 0.717) is 38.8 Å². The standard InChI is InChI=1S/C22H28N4O4S/c27-21(24-19-6-7-19)16-25-11-13-26(14-12-25)22(28)9-10-23-31(29,30)20-8-5-17-3-1-2-4-18(17)15-20/h1-5,8,15,19,23H,6-7,9-14,16H2,(H,24,27). The first kappa shape index (κ1) is 21.7. The molecule has 2 fully saturated rings. The topological polar surface area (TPSA) is 98.8 Å². The third kappa shape index (κ3) is 5.81. The minimum absolute atomic E-state index is 0.0466. The van der Waals surface area contributed by atoms with E-state index in [1.165, 1.54) is 0 Å². The summed E-state index contributed by atoms with van der Waals surface area (Å²) in [5, 5.41) is 4.80. The highest BCUT2D eigenvalue weighted by molar-refractivity contribution is 7.89. The summed E-state index contributed by atoms with van der Waals surface area (Å²) in [4.78, 5) is 28.3. The highest BCUT2D eigenvalue weighted by atomic mass is 32.2. The molecule has 8 nitrogen and oxygen atoms in total. The number of hydrogen-bond donors (Lipinski definition) is 2. The van der Waals surface area contributed by atoms with E-state index in [2.05, 4.69) is 10.0 Å². The molecule has 4 rings (SSSR count). The lowest BCUT2D eigenvalue weighted by molar-refractivity contribution is -0.133. The maximum Gasteiger partial charge on any atom is 0.240 e. The van der Waals surface area contributed by atoms with Crippen molar-refractivity contribution in [2.24, 2.45) is 0 Å². The second-order valence-corrected chi connectivity index (χ2v) is 9.92. The van der Waals surface area contributed by atoms with Crippen LogP contribution in [0.15, 0.2) is 47.4 Å². The number of nitrogens with zero attached hydrogens (tertiary/aromatic N) is 2. The third-order valence-electron chi connectivity index (χ3n) is 5.70. The highest BCUT2D eigenvalue weighted by Crippen LogP contribution is 2.19. The van der Waals surface area contributed by atoms with Gasteiger partial charge in [-0.25, -0.2) is 13.1 Å². The molecule has 1 heterocycles. The van der Waals surface area contributed by atoms with Crippen LogP contribution >= 0.6 is 0 Å². The average molecular weight is 445 g/mol. The fourth-order valence-corrected chi connectivity index (χ4v) is 4.79. The van der Waals surface area contributed by atoms with Gasteiger partial charge in [0, 0.05) is 45.2 Å². The zero-order valence-electron chi connectivity index (χ0n) is 17.4. The fourth-order valence-electron chi connectivity index (χ4n) is 3.73. The Hall–Kier alpha value is -2.49. The van der Waals surface area contributed by atoms with E-state index >= 15 is 0 Å². The number of hydrogen-bond acceptors (Lipinski definition) is 5. The van der Waals surface area contributed by atoms with Gasteiger partial charge in [0.1, 0.15) is 0 Å². The number of carbonyl (C=O) groups is 2. The Bertz CT molecular complexity index is 1060. The van der Waals surface area contributed by atoms with Crippen molar-refractivity contribution in [2.75, 3.05) is 39.3 Å². The van der Waals surface area contributed by atoms with Crippen LogP contribution in [0.25, 0.3) is 10.8 Å². The van der Waals surface area contributed by atoms with E-state index in [-0.39, 0.29) is 29.7 Å². The summed E-state index contributed by atoms with van der Waals surface area (Å²) in [5.74, 6) is -0.0336. The lowest BCUT2D eigenvalue weighted by Gasteiger charge is -2.34. The van der Waals surface area contributed by atoms with Crippen molar-refractivity contribution in [2.45, 2.75) is 30.2 Å². The summed E-state index contributed by atoms with van der Waals surface area (Å²) in [7, 11) is -3.68. The molecule has 1 saturated carbocycles. The molecule has 0 radical (unpaired) electrons. The van der Waals surface area contributed by atoms with Crippen LogP contribution in [0, 0.1) is 0 Å². The lowest BCUT2D eigenvalue weighted by atomic mass is 10.1. The molecular weight excluding hydrogens is 416 g/mol. The van der Waals surface area contributed by atoms with Gasteiger partial charge in [-0.1, -0.05) is 30.3 Å². The Labute approximate surface area is 182 Å². The summed E-state index contributed by atoms with van der Waals surface area (Å²) in [5.41, 5.74) is 0. The monoisotopic (exact) mass is 444 g/mol. The number of piperazine rings is 1. The summed E-state index contributed by atoms with van der Waals surface area (Å²) in [6, 6.07) is 12.9. The Morgan fingerprint density at radius 1 is 0.968 bits per heavy atom. The van der Waals surface area contributed by atoms with Gasteiger partial charge >= 0.3 is 0 Å². The predicted molar refractivity (Wildman–Crippen MR) is 118 cm³/mol. The Morgan fingerprint density at radius 2 is 1.68 bits per heavy atom. The molecule has 0 unspecified atom stereocenters. The molecule has 2 N–H and O–H groups in total. The first-order valence-corrected chi connectivity index (χ1v) is 12.2. The van der Waals surface area contributed by atoms with Crippen LogP contribution in [-0.4, -0.2) is 75.3 Å². The third-order valence-corrected chi connectivity index (χ3v) is 7.16. The van der Waals surface area contributed by atoms with Gasteiger partial charge in [-0.3, -0.25) is 14.5 Å². The highest BCUT2D eigenvalue weighted by Gasteiger charge is 2.26. The van der Waals surface area contributed by atoms with Gasteiger partial charge in [0.05, 0.1) is 11.4 Å². The van der Waals surface area contributed by atoms with Gasteiger partial charge in [-0.05, 0) is 35.7 Å². The van der Waals surface area contributed by atoms with Gasteiger partial charge in [-0.2, -0.15) is 0 Å². The number of sulfonamides is 1. The van der Waals surface area contributed by atoms with Crippen molar-refractivity contribution in [1.29, 1.82) is 0 Å². The van der Waals surface area contributed by atoms with E-state index in [4.69, 9.17) is 0 Å². The Kier molecular flexibility index (Phi) is 6.54. The summed E-state index contributed by atoms with van der Waals surface area (Å²) >= 11 is 0. The molecule has 1 saturated heterocycles. The zero-order valence-corrected chi connectivity index (χ0v) is 18.2. The summed E-state index contributed by atoms with van der Waals surface area (Å²) in [6.07, 6.45) is 2.24. The number of rotatable bonds is 8. The van der Waals surface area contributed by atoms with Crippen LogP contribution in [0.4, 0.5) is 0 Å². The van der Waals surface area contributed by atoms with E-state index in [1.807, 2.05) is 29.2 Å². The van der Waals surface area contributed by atoms with Crippen molar-refractivity contribution in [3.8, 4) is 0 Å². The van der Waals surface area contributed by atoms with E-state index < -0.39 is 10.0 Å². The molecule has 0 bridgehead atoms. The SMILES string of the molecule is O=C(CN1CCN(C(=O)CCNS(=O)(=O)c2ccc3ccccc3c2)CC1)NC1CC1. The molecule has 1 aliphatic carbocycles. The molecule has 0 aromatic heterocycles. The van der Waals surface area contributed by atoms with Crippen molar-refractivity contribution < 1.29 is 18.0 Å². The molecule has 0 atom stereocenters. The van der Waals surface area contributed by atoms with Crippen LogP contribution in [0.2, 0.25) is 0 Å².